The third-order valence-electron chi connectivity index (χ3n) is 3.57. The van der Waals surface area contributed by atoms with Crippen LogP contribution in [0.4, 0.5) is 0 Å². The van der Waals surface area contributed by atoms with Gasteiger partial charge in [0.2, 0.25) is 10.0 Å². The summed E-state index contributed by atoms with van der Waals surface area (Å²) in [7, 11) is -1.63. The molecule has 6 heteroatoms. The van der Waals surface area contributed by atoms with E-state index in [0.29, 0.717) is 19.1 Å². The van der Waals surface area contributed by atoms with Gasteiger partial charge in [0.1, 0.15) is 0 Å². The first-order valence-electron chi connectivity index (χ1n) is 6.83. The molecule has 1 aromatic rings. The third kappa shape index (κ3) is 4.04. The van der Waals surface area contributed by atoms with Crippen LogP contribution in [0.25, 0.3) is 0 Å². The minimum atomic E-state index is -3.27. The molecule has 0 spiro atoms. The standard InChI is InChI=1S/C14H21BrN2O2S/c1-11(9-16-13-7-8-13)20(18,19)17(2)10-12-5-3-4-6-14(12)15/h3-6,11,13,16H,7-10H2,1-2H3. The van der Waals surface area contributed by atoms with Crippen molar-refractivity contribution in [1.82, 2.24) is 9.62 Å². The van der Waals surface area contributed by atoms with Crippen LogP contribution in [0.5, 0.6) is 0 Å². The zero-order chi connectivity index (χ0) is 14.8. The summed E-state index contributed by atoms with van der Waals surface area (Å²) in [5.74, 6) is 0. The molecule has 1 aliphatic carbocycles. The minimum Gasteiger partial charge on any atom is -0.313 e. The van der Waals surface area contributed by atoms with Gasteiger partial charge < -0.3 is 5.32 Å². The van der Waals surface area contributed by atoms with Crippen molar-refractivity contribution in [2.45, 2.75) is 37.6 Å². The smallest absolute Gasteiger partial charge is 0.218 e. The Morgan fingerprint density at radius 2 is 2.05 bits per heavy atom. The van der Waals surface area contributed by atoms with Crippen LogP contribution < -0.4 is 5.32 Å². The molecule has 0 aromatic heterocycles. The Morgan fingerprint density at radius 1 is 1.40 bits per heavy atom. The van der Waals surface area contributed by atoms with Gasteiger partial charge in [-0.2, -0.15) is 0 Å². The highest BCUT2D eigenvalue weighted by Crippen LogP contribution is 2.21. The van der Waals surface area contributed by atoms with Crippen molar-refractivity contribution in [3.63, 3.8) is 0 Å². The lowest BCUT2D eigenvalue weighted by Gasteiger charge is -2.22. The van der Waals surface area contributed by atoms with Gasteiger partial charge in [-0.15, -0.1) is 0 Å². The van der Waals surface area contributed by atoms with E-state index in [2.05, 4.69) is 21.2 Å². The van der Waals surface area contributed by atoms with Crippen molar-refractivity contribution >= 4 is 26.0 Å². The number of halogens is 1. The molecular weight excluding hydrogens is 340 g/mol. The SMILES string of the molecule is CC(CNC1CC1)S(=O)(=O)N(C)Cc1ccccc1Br. The topological polar surface area (TPSA) is 49.4 Å². The Labute approximate surface area is 129 Å². The van der Waals surface area contributed by atoms with Crippen molar-refractivity contribution in [3.8, 4) is 0 Å². The summed E-state index contributed by atoms with van der Waals surface area (Å²) in [6.45, 7) is 2.67. The van der Waals surface area contributed by atoms with Crippen LogP contribution in [0, 0.1) is 0 Å². The number of rotatable bonds is 7. The molecule has 0 aliphatic heterocycles. The number of nitrogens with zero attached hydrogens (tertiary/aromatic N) is 1. The first-order valence-corrected chi connectivity index (χ1v) is 9.13. The van der Waals surface area contributed by atoms with Gasteiger partial charge in [0.05, 0.1) is 5.25 Å². The Bertz CT molecular complexity index is 558. The van der Waals surface area contributed by atoms with E-state index in [1.807, 2.05) is 24.3 Å². The van der Waals surface area contributed by atoms with Crippen molar-refractivity contribution in [1.29, 1.82) is 0 Å². The molecule has 20 heavy (non-hydrogen) atoms. The van der Waals surface area contributed by atoms with E-state index in [1.54, 1.807) is 14.0 Å². The number of sulfonamides is 1. The molecule has 0 heterocycles. The second-order valence-corrected chi connectivity index (χ2v) is 8.70. The number of hydrogen-bond donors (Lipinski definition) is 1. The third-order valence-corrected chi connectivity index (χ3v) is 6.52. The lowest BCUT2D eigenvalue weighted by atomic mass is 10.2. The van der Waals surface area contributed by atoms with E-state index in [9.17, 15) is 8.42 Å². The molecule has 0 bridgehead atoms. The van der Waals surface area contributed by atoms with Gasteiger partial charge in [0.15, 0.2) is 0 Å². The number of hydrogen-bond acceptors (Lipinski definition) is 3. The van der Waals surface area contributed by atoms with Crippen molar-refractivity contribution in [2.75, 3.05) is 13.6 Å². The molecule has 1 aliphatic rings. The van der Waals surface area contributed by atoms with E-state index in [-0.39, 0.29) is 0 Å². The highest BCUT2D eigenvalue weighted by atomic mass is 79.9. The second-order valence-electron chi connectivity index (χ2n) is 5.39. The molecule has 112 valence electrons. The molecule has 1 atom stereocenters. The first-order chi connectivity index (χ1) is 9.41. The van der Waals surface area contributed by atoms with Gasteiger partial charge in [-0.1, -0.05) is 34.1 Å². The first kappa shape index (κ1) is 15.9. The summed E-state index contributed by atoms with van der Waals surface area (Å²) in [6.07, 6.45) is 2.33. The fourth-order valence-corrected chi connectivity index (χ4v) is 3.64. The Hall–Kier alpha value is -0.430. The summed E-state index contributed by atoms with van der Waals surface area (Å²) >= 11 is 3.45. The molecule has 1 saturated carbocycles. The van der Waals surface area contributed by atoms with E-state index < -0.39 is 15.3 Å². The molecule has 1 N–H and O–H groups in total. The fourth-order valence-electron chi connectivity index (χ4n) is 1.99. The van der Waals surface area contributed by atoms with E-state index in [4.69, 9.17) is 0 Å². The summed E-state index contributed by atoms with van der Waals surface area (Å²) in [5.41, 5.74) is 0.973. The second kappa shape index (κ2) is 6.56. The van der Waals surface area contributed by atoms with Crippen molar-refractivity contribution in [2.24, 2.45) is 0 Å². The summed E-state index contributed by atoms with van der Waals surface area (Å²) < 4.78 is 27.3. The zero-order valence-electron chi connectivity index (χ0n) is 11.8. The largest absolute Gasteiger partial charge is 0.313 e. The quantitative estimate of drug-likeness (QED) is 0.811. The van der Waals surface area contributed by atoms with Gasteiger partial charge >= 0.3 is 0 Å². The van der Waals surface area contributed by atoms with Gasteiger partial charge in [0, 0.05) is 30.7 Å². The number of benzene rings is 1. The molecular formula is C14H21BrN2O2S. The molecule has 0 saturated heterocycles. The molecule has 1 unspecified atom stereocenters. The van der Waals surface area contributed by atoms with E-state index in [0.717, 1.165) is 10.0 Å². The Morgan fingerprint density at radius 3 is 2.65 bits per heavy atom. The Balaban J connectivity index is 1.98. The highest BCUT2D eigenvalue weighted by molar-refractivity contribution is 9.10. The van der Waals surface area contributed by atoms with Crippen LogP contribution in [0.1, 0.15) is 25.3 Å². The summed E-state index contributed by atoms with van der Waals surface area (Å²) in [4.78, 5) is 0. The lowest BCUT2D eigenvalue weighted by molar-refractivity contribution is 0.453. The van der Waals surface area contributed by atoms with Gasteiger partial charge in [0.25, 0.3) is 0 Å². The van der Waals surface area contributed by atoms with Gasteiger partial charge in [-0.25, -0.2) is 12.7 Å². The monoisotopic (exact) mass is 360 g/mol. The lowest BCUT2D eigenvalue weighted by Crippen LogP contribution is -2.40. The van der Waals surface area contributed by atoms with Crippen molar-refractivity contribution in [3.05, 3.63) is 34.3 Å². The predicted octanol–water partition coefficient (Wildman–Crippen LogP) is 2.35. The van der Waals surface area contributed by atoms with E-state index >= 15 is 0 Å². The van der Waals surface area contributed by atoms with Crippen LogP contribution in [0.3, 0.4) is 0 Å². The van der Waals surface area contributed by atoms with Gasteiger partial charge in [-0.3, -0.25) is 0 Å². The molecule has 1 aromatic carbocycles. The maximum atomic E-state index is 12.4. The van der Waals surface area contributed by atoms with Crippen LogP contribution in [0.15, 0.2) is 28.7 Å². The van der Waals surface area contributed by atoms with Crippen LogP contribution >= 0.6 is 15.9 Å². The van der Waals surface area contributed by atoms with Gasteiger partial charge in [-0.05, 0) is 31.4 Å². The average molecular weight is 361 g/mol. The highest BCUT2D eigenvalue weighted by Gasteiger charge is 2.28. The molecule has 2 rings (SSSR count). The normalized spacial score (nSPS) is 17.4. The summed E-state index contributed by atoms with van der Waals surface area (Å²) in [5, 5.41) is 2.87. The van der Waals surface area contributed by atoms with Crippen LogP contribution in [-0.4, -0.2) is 37.6 Å². The molecule has 1 fully saturated rings. The van der Waals surface area contributed by atoms with Crippen LogP contribution in [0.2, 0.25) is 0 Å². The molecule has 4 nitrogen and oxygen atoms in total. The van der Waals surface area contributed by atoms with Crippen LogP contribution in [-0.2, 0) is 16.6 Å². The fraction of sp³-hybridized carbons (Fsp3) is 0.571. The maximum Gasteiger partial charge on any atom is 0.218 e. The minimum absolute atomic E-state index is 0.386. The zero-order valence-corrected chi connectivity index (χ0v) is 14.2. The Kier molecular flexibility index (Phi) is 5.23. The van der Waals surface area contributed by atoms with Crippen molar-refractivity contribution < 1.29 is 8.42 Å². The molecule has 0 radical (unpaired) electrons. The number of nitrogens with one attached hydrogen (secondary N) is 1. The average Bonchev–Trinajstić information content (AvgIpc) is 3.22. The summed E-state index contributed by atoms with van der Waals surface area (Å²) in [6, 6.07) is 8.22. The van der Waals surface area contributed by atoms with E-state index in [1.165, 1.54) is 17.1 Å². The maximum absolute atomic E-state index is 12.4. The predicted molar refractivity (Wildman–Crippen MR) is 85.0 cm³/mol. The molecule has 0 amide bonds.